The Bertz CT molecular complexity index is 783. The smallest absolute Gasteiger partial charge is 0.352 e. The average molecular weight is 559 g/mol. The Labute approximate surface area is 184 Å². The van der Waals surface area contributed by atoms with Gasteiger partial charge in [0.15, 0.2) is 0 Å². The fourth-order valence-electron chi connectivity index (χ4n) is 2.18. The van der Waals surface area contributed by atoms with Crippen LogP contribution >= 0.6 is 0 Å². The fourth-order valence-corrected chi connectivity index (χ4v) is 2.18. The van der Waals surface area contributed by atoms with E-state index in [1.807, 2.05) is 5.32 Å². The van der Waals surface area contributed by atoms with Crippen LogP contribution in [0.4, 0.5) is 74.6 Å². The second kappa shape index (κ2) is 9.48. The molecule has 0 bridgehead atoms. The van der Waals surface area contributed by atoms with Crippen molar-refractivity contribution in [3.63, 3.8) is 0 Å². The third-order valence-electron chi connectivity index (χ3n) is 4.38. The molecule has 0 fully saturated rings. The summed E-state index contributed by atoms with van der Waals surface area (Å²) in [7, 11) is 0. The summed E-state index contributed by atoms with van der Waals surface area (Å²) in [6.45, 7) is 3.69. The third-order valence-corrected chi connectivity index (χ3v) is 4.38. The van der Waals surface area contributed by atoms with Crippen molar-refractivity contribution in [1.82, 2.24) is 5.32 Å². The molecule has 0 saturated carbocycles. The van der Waals surface area contributed by atoms with Gasteiger partial charge in [0, 0.05) is 18.5 Å². The van der Waals surface area contributed by atoms with E-state index < -0.39 is 79.3 Å². The van der Waals surface area contributed by atoms with Gasteiger partial charge in [-0.3, -0.25) is 4.79 Å². The van der Waals surface area contributed by atoms with Crippen LogP contribution in [0.5, 0.6) is 0 Å². The molecule has 0 radical (unpaired) electrons. The van der Waals surface area contributed by atoms with E-state index in [4.69, 9.17) is 0 Å². The van der Waals surface area contributed by atoms with Crippen LogP contribution in [0.15, 0.2) is 12.2 Å². The molecular formula is C16H14F17NO. The highest BCUT2D eigenvalue weighted by atomic mass is 19.4. The van der Waals surface area contributed by atoms with Crippen molar-refractivity contribution in [2.75, 3.05) is 6.54 Å². The lowest BCUT2D eigenvalue weighted by molar-refractivity contribution is -0.461. The highest BCUT2D eigenvalue weighted by Gasteiger charge is 2.95. The Kier molecular flexibility index (Phi) is 8.94. The zero-order valence-electron chi connectivity index (χ0n) is 16.9. The van der Waals surface area contributed by atoms with Crippen LogP contribution in [-0.2, 0) is 4.79 Å². The molecule has 0 heterocycles. The molecule has 19 heteroatoms. The number of hydrogen-bond acceptors (Lipinski definition) is 1. The fraction of sp³-hybridized carbons (Fsp3) is 0.812. The lowest BCUT2D eigenvalue weighted by Crippen LogP contribution is -2.74. The number of hydrogen-bond donors (Lipinski definition) is 1. The van der Waals surface area contributed by atoms with Crippen LogP contribution in [-0.4, -0.2) is 60.1 Å². The van der Waals surface area contributed by atoms with E-state index in [0.29, 0.717) is 0 Å². The maximum Gasteiger partial charge on any atom is 0.460 e. The van der Waals surface area contributed by atoms with Gasteiger partial charge in [0.2, 0.25) is 5.91 Å². The van der Waals surface area contributed by atoms with E-state index in [-0.39, 0.29) is 5.57 Å². The van der Waals surface area contributed by atoms with E-state index in [2.05, 4.69) is 6.58 Å². The van der Waals surface area contributed by atoms with Crippen molar-refractivity contribution in [3.8, 4) is 0 Å². The molecule has 0 aromatic rings. The van der Waals surface area contributed by atoms with Gasteiger partial charge in [-0.15, -0.1) is 0 Å². The predicted molar refractivity (Wildman–Crippen MR) is 82.4 cm³/mol. The Balaban J connectivity index is 6.04. The van der Waals surface area contributed by atoms with E-state index in [1.165, 1.54) is 0 Å². The molecule has 0 rings (SSSR count). The zero-order valence-corrected chi connectivity index (χ0v) is 16.9. The average Bonchev–Trinajstić information content (AvgIpc) is 2.65. The molecule has 0 aromatic heterocycles. The van der Waals surface area contributed by atoms with Crippen molar-refractivity contribution in [2.45, 2.75) is 73.8 Å². The normalized spacial score (nSPS) is 15.3. The summed E-state index contributed by atoms with van der Waals surface area (Å²) in [5, 5.41) is 1.94. The van der Waals surface area contributed by atoms with Gasteiger partial charge in [-0.25, -0.2) is 0 Å². The molecule has 0 spiro atoms. The summed E-state index contributed by atoms with van der Waals surface area (Å²) in [5.41, 5.74) is -0.127. The molecule has 0 saturated heterocycles. The molecule has 0 aliphatic rings. The predicted octanol–water partition coefficient (Wildman–Crippen LogP) is 6.86. The first-order valence-corrected chi connectivity index (χ1v) is 8.73. The van der Waals surface area contributed by atoms with Crippen LogP contribution in [0.3, 0.4) is 0 Å². The van der Waals surface area contributed by atoms with E-state index >= 15 is 0 Å². The van der Waals surface area contributed by atoms with Gasteiger partial charge in [0.1, 0.15) is 0 Å². The summed E-state index contributed by atoms with van der Waals surface area (Å²) in [6, 6.07) is 0. The van der Waals surface area contributed by atoms with E-state index in [1.54, 1.807) is 0 Å². The number of carbonyl (C=O) groups is 1. The Morgan fingerprint density at radius 1 is 0.600 bits per heavy atom. The molecule has 1 N–H and O–H groups in total. The van der Waals surface area contributed by atoms with Crippen molar-refractivity contribution in [2.24, 2.45) is 0 Å². The molecule has 0 aromatic carbocycles. The van der Waals surface area contributed by atoms with Crippen LogP contribution in [0.2, 0.25) is 0 Å². The number of alkyl halides is 17. The van der Waals surface area contributed by atoms with Gasteiger partial charge in [0.05, 0.1) is 0 Å². The van der Waals surface area contributed by atoms with Crippen molar-refractivity contribution >= 4 is 5.91 Å². The van der Waals surface area contributed by atoms with Crippen LogP contribution in [0.25, 0.3) is 0 Å². The van der Waals surface area contributed by atoms with E-state index in [9.17, 15) is 79.4 Å². The summed E-state index contributed by atoms with van der Waals surface area (Å²) < 4.78 is 223. The molecule has 1 amide bonds. The van der Waals surface area contributed by atoms with Crippen LogP contribution < -0.4 is 5.32 Å². The minimum absolute atomic E-state index is 0.127. The molecule has 208 valence electrons. The van der Waals surface area contributed by atoms with Gasteiger partial charge in [-0.05, 0) is 19.8 Å². The molecule has 0 aliphatic carbocycles. The lowest BCUT2D eigenvalue weighted by Gasteiger charge is -2.42. The van der Waals surface area contributed by atoms with Crippen LogP contribution in [0, 0.1) is 0 Å². The van der Waals surface area contributed by atoms with Gasteiger partial charge in [0.25, 0.3) is 0 Å². The molecule has 35 heavy (non-hydrogen) atoms. The summed E-state index contributed by atoms with van der Waals surface area (Å²) in [6.07, 6.45) is -12.3. The number of halogens is 17. The summed E-state index contributed by atoms with van der Waals surface area (Å²) in [4.78, 5) is 11.1. The second-order valence-corrected chi connectivity index (χ2v) is 7.14. The Morgan fingerprint density at radius 3 is 1.29 bits per heavy atom. The van der Waals surface area contributed by atoms with Crippen molar-refractivity contribution in [3.05, 3.63) is 12.2 Å². The molecule has 0 unspecified atom stereocenters. The summed E-state index contributed by atoms with van der Waals surface area (Å²) in [5.74, 6) is -57.1. The Morgan fingerprint density at radius 2 is 0.943 bits per heavy atom. The van der Waals surface area contributed by atoms with Gasteiger partial charge in [-0.1, -0.05) is 6.58 Å². The largest absolute Gasteiger partial charge is 0.460 e. The maximum atomic E-state index is 13.6. The lowest BCUT2D eigenvalue weighted by atomic mass is 9.88. The first-order valence-electron chi connectivity index (χ1n) is 8.73. The molecule has 0 aliphatic heterocycles. The minimum Gasteiger partial charge on any atom is -0.352 e. The third kappa shape index (κ3) is 5.27. The van der Waals surface area contributed by atoms with E-state index in [0.717, 1.165) is 6.92 Å². The minimum atomic E-state index is -8.63. The highest BCUT2D eigenvalue weighted by Crippen LogP contribution is 2.64. The SMILES string of the molecule is C=C(C)C(=O)NCCCCC(F)(F)C(F)(F)C(F)(F)C(F)(F)C(F)(F)C(F)(F)C(F)(F)C(F)(F)F. The van der Waals surface area contributed by atoms with Gasteiger partial charge < -0.3 is 5.32 Å². The zero-order chi connectivity index (χ0) is 28.7. The molecule has 0 atom stereocenters. The second-order valence-electron chi connectivity index (χ2n) is 7.14. The van der Waals surface area contributed by atoms with Crippen molar-refractivity contribution in [1.29, 1.82) is 0 Å². The van der Waals surface area contributed by atoms with Gasteiger partial charge in [-0.2, -0.15) is 74.6 Å². The first-order chi connectivity index (χ1) is 15.1. The maximum absolute atomic E-state index is 13.6. The van der Waals surface area contributed by atoms with Crippen LogP contribution in [0.1, 0.15) is 26.2 Å². The monoisotopic (exact) mass is 559 g/mol. The molecule has 2 nitrogen and oxygen atoms in total. The number of rotatable bonds is 12. The topological polar surface area (TPSA) is 29.1 Å². The number of carbonyl (C=O) groups excluding carboxylic acids is 1. The number of amides is 1. The quantitative estimate of drug-likeness (QED) is 0.158. The first kappa shape index (κ1) is 33.0. The standard InChI is InChI=1S/C16H14F17NO/c1-7(2)8(35)34-6-4-3-5-9(17,18)10(19,20)11(21,22)12(23,24)13(25,26)14(27,28)15(29,30)16(31,32)33/h1,3-6H2,2H3,(H,34,35). The highest BCUT2D eigenvalue weighted by molar-refractivity contribution is 5.91. The Hall–Kier alpha value is -1.98. The van der Waals surface area contributed by atoms with Crippen molar-refractivity contribution < 1.29 is 79.4 Å². The number of nitrogens with one attached hydrogen (secondary N) is 1. The summed E-state index contributed by atoms with van der Waals surface area (Å²) >= 11 is 0. The van der Waals surface area contributed by atoms with Gasteiger partial charge >= 0.3 is 47.6 Å². The molecular weight excluding hydrogens is 545 g/mol. The number of unbranched alkanes of at least 4 members (excludes halogenated alkanes) is 1.